The molecule has 0 N–H and O–H groups in total. The van der Waals surface area contributed by atoms with Gasteiger partial charge in [-0.25, -0.2) is 4.79 Å². The second-order valence-electron chi connectivity index (χ2n) is 4.91. The molecule has 0 bridgehead atoms. The summed E-state index contributed by atoms with van der Waals surface area (Å²) in [5.41, 5.74) is 0. The van der Waals surface area contributed by atoms with Gasteiger partial charge in [0, 0.05) is 19.3 Å². The monoisotopic (exact) mass is 302 g/mol. The third-order valence-corrected chi connectivity index (χ3v) is 4.92. The molecule has 20 heavy (non-hydrogen) atoms. The zero-order chi connectivity index (χ0) is 15.2. The standard InChI is InChI=1S/C15H30O4Si/c1-5-8-11-17-20(18-12-9-6-2)13-10-14(4)19-15(16)7-3/h7,14,20H,3,5-6,8-13H2,1-2,4H3. The first-order valence-electron chi connectivity index (χ1n) is 7.70. The Bertz CT molecular complexity index is 248. The van der Waals surface area contributed by atoms with E-state index in [9.17, 15) is 4.79 Å². The van der Waals surface area contributed by atoms with Crippen molar-refractivity contribution in [3.05, 3.63) is 12.7 Å². The van der Waals surface area contributed by atoms with Gasteiger partial charge in [0.2, 0.25) is 0 Å². The molecule has 0 rings (SSSR count). The Balaban J connectivity index is 3.98. The molecule has 0 spiro atoms. The van der Waals surface area contributed by atoms with Crippen molar-refractivity contribution in [3.63, 3.8) is 0 Å². The highest BCUT2D eigenvalue weighted by Gasteiger charge is 2.16. The Labute approximate surface area is 125 Å². The van der Waals surface area contributed by atoms with Gasteiger partial charge in [-0.1, -0.05) is 33.3 Å². The SMILES string of the molecule is C=CC(=O)OC(C)CC[SiH](OCCCC)OCCCC. The molecule has 5 heteroatoms. The lowest BCUT2D eigenvalue weighted by atomic mass is 10.3. The van der Waals surface area contributed by atoms with E-state index in [1.54, 1.807) is 0 Å². The Hall–Kier alpha value is -0.653. The van der Waals surface area contributed by atoms with Gasteiger partial charge in [0.15, 0.2) is 0 Å². The molecule has 0 saturated carbocycles. The van der Waals surface area contributed by atoms with Crippen LogP contribution in [0.3, 0.4) is 0 Å². The van der Waals surface area contributed by atoms with Crippen LogP contribution in [0.25, 0.3) is 0 Å². The van der Waals surface area contributed by atoms with Gasteiger partial charge in [-0.05, 0) is 32.2 Å². The smallest absolute Gasteiger partial charge is 0.330 e. The van der Waals surface area contributed by atoms with Gasteiger partial charge >= 0.3 is 15.3 Å². The Kier molecular flexibility index (Phi) is 12.9. The highest BCUT2D eigenvalue weighted by atomic mass is 28.3. The number of ether oxygens (including phenoxy) is 1. The van der Waals surface area contributed by atoms with Crippen LogP contribution in [0.5, 0.6) is 0 Å². The molecule has 0 radical (unpaired) electrons. The zero-order valence-electron chi connectivity index (χ0n) is 13.2. The molecular weight excluding hydrogens is 272 g/mol. The summed E-state index contributed by atoms with van der Waals surface area (Å²) in [7, 11) is -1.62. The molecule has 0 saturated heterocycles. The molecule has 0 aliphatic heterocycles. The fourth-order valence-electron chi connectivity index (χ4n) is 1.61. The van der Waals surface area contributed by atoms with Crippen LogP contribution >= 0.6 is 0 Å². The quantitative estimate of drug-likeness (QED) is 0.226. The molecule has 118 valence electrons. The maximum atomic E-state index is 11.1. The number of carbonyl (C=O) groups excluding carboxylic acids is 1. The van der Waals surface area contributed by atoms with Gasteiger partial charge in [0.05, 0.1) is 6.10 Å². The summed E-state index contributed by atoms with van der Waals surface area (Å²) >= 11 is 0. The number of hydrogen-bond donors (Lipinski definition) is 0. The minimum atomic E-state index is -1.62. The lowest BCUT2D eigenvalue weighted by Crippen LogP contribution is -2.26. The molecule has 0 aromatic rings. The Morgan fingerprint density at radius 1 is 1.20 bits per heavy atom. The zero-order valence-corrected chi connectivity index (χ0v) is 14.4. The van der Waals surface area contributed by atoms with Gasteiger partial charge in [0.25, 0.3) is 0 Å². The topological polar surface area (TPSA) is 44.8 Å². The lowest BCUT2D eigenvalue weighted by Gasteiger charge is -2.18. The fraction of sp³-hybridized carbons (Fsp3) is 0.800. The van der Waals surface area contributed by atoms with E-state index in [4.69, 9.17) is 13.6 Å². The third-order valence-electron chi connectivity index (χ3n) is 2.90. The summed E-state index contributed by atoms with van der Waals surface area (Å²) in [4.78, 5) is 11.1. The highest BCUT2D eigenvalue weighted by molar-refractivity contribution is 6.44. The molecule has 1 atom stereocenters. The first-order valence-corrected chi connectivity index (χ1v) is 9.46. The lowest BCUT2D eigenvalue weighted by molar-refractivity contribution is -0.142. The van der Waals surface area contributed by atoms with Crippen molar-refractivity contribution in [1.82, 2.24) is 0 Å². The van der Waals surface area contributed by atoms with Gasteiger partial charge in [-0.3, -0.25) is 0 Å². The van der Waals surface area contributed by atoms with Crippen molar-refractivity contribution in [1.29, 1.82) is 0 Å². The average molecular weight is 302 g/mol. The number of rotatable bonds is 13. The van der Waals surface area contributed by atoms with Crippen LogP contribution in [-0.2, 0) is 18.4 Å². The van der Waals surface area contributed by atoms with E-state index in [2.05, 4.69) is 20.4 Å². The average Bonchev–Trinajstić information content (AvgIpc) is 2.44. The number of carbonyl (C=O) groups is 1. The predicted octanol–water partition coefficient (Wildman–Crippen LogP) is 3.35. The molecule has 0 amide bonds. The van der Waals surface area contributed by atoms with Crippen molar-refractivity contribution >= 4 is 15.3 Å². The Morgan fingerprint density at radius 2 is 1.75 bits per heavy atom. The third kappa shape index (κ3) is 11.2. The maximum absolute atomic E-state index is 11.1. The molecule has 0 aromatic heterocycles. The molecular formula is C15H30O4Si. The van der Waals surface area contributed by atoms with E-state index in [0.29, 0.717) is 0 Å². The molecule has 0 fully saturated rings. The van der Waals surface area contributed by atoms with Gasteiger partial charge in [0.1, 0.15) is 0 Å². The number of hydrogen-bond acceptors (Lipinski definition) is 4. The van der Waals surface area contributed by atoms with Crippen molar-refractivity contribution < 1.29 is 18.4 Å². The van der Waals surface area contributed by atoms with Gasteiger partial charge < -0.3 is 13.6 Å². The van der Waals surface area contributed by atoms with Crippen molar-refractivity contribution in [3.8, 4) is 0 Å². The van der Waals surface area contributed by atoms with Crippen LogP contribution in [0.2, 0.25) is 6.04 Å². The van der Waals surface area contributed by atoms with Crippen molar-refractivity contribution in [2.24, 2.45) is 0 Å². The van der Waals surface area contributed by atoms with E-state index in [1.165, 1.54) is 6.08 Å². The van der Waals surface area contributed by atoms with Gasteiger partial charge in [-0.15, -0.1) is 0 Å². The second-order valence-corrected chi connectivity index (χ2v) is 7.01. The van der Waals surface area contributed by atoms with E-state index in [0.717, 1.165) is 51.4 Å². The summed E-state index contributed by atoms with van der Waals surface area (Å²) in [6, 6.07) is 0.874. The minimum Gasteiger partial charge on any atom is -0.460 e. The predicted molar refractivity (Wildman–Crippen MR) is 84.0 cm³/mol. The van der Waals surface area contributed by atoms with E-state index >= 15 is 0 Å². The molecule has 0 aliphatic rings. The van der Waals surface area contributed by atoms with Gasteiger partial charge in [-0.2, -0.15) is 0 Å². The first kappa shape index (κ1) is 19.3. The normalized spacial score (nSPS) is 12.4. The van der Waals surface area contributed by atoms with E-state index in [-0.39, 0.29) is 12.1 Å². The summed E-state index contributed by atoms with van der Waals surface area (Å²) in [6.45, 7) is 11.1. The largest absolute Gasteiger partial charge is 0.460 e. The summed E-state index contributed by atoms with van der Waals surface area (Å²) in [6.07, 6.45) is 6.27. The molecule has 0 aliphatic carbocycles. The first-order chi connectivity index (χ1) is 9.63. The molecule has 1 unspecified atom stereocenters. The van der Waals surface area contributed by atoms with Crippen LogP contribution in [0, 0.1) is 0 Å². The number of unbranched alkanes of at least 4 members (excludes halogenated alkanes) is 2. The van der Waals surface area contributed by atoms with E-state index < -0.39 is 9.28 Å². The van der Waals surface area contributed by atoms with Crippen LogP contribution in [0.4, 0.5) is 0 Å². The maximum Gasteiger partial charge on any atom is 0.330 e. The minimum absolute atomic E-state index is 0.111. The summed E-state index contributed by atoms with van der Waals surface area (Å²) in [5.74, 6) is -0.366. The summed E-state index contributed by atoms with van der Waals surface area (Å²) in [5, 5.41) is 0. The Morgan fingerprint density at radius 3 is 2.20 bits per heavy atom. The van der Waals surface area contributed by atoms with Crippen LogP contribution in [-0.4, -0.2) is 34.6 Å². The van der Waals surface area contributed by atoms with Crippen molar-refractivity contribution in [2.75, 3.05) is 13.2 Å². The molecule has 4 nitrogen and oxygen atoms in total. The fourth-order valence-corrected chi connectivity index (χ4v) is 3.64. The van der Waals surface area contributed by atoms with Crippen molar-refractivity contribution in [2.45, 2.75) is 65.0 Å². The van der Waals surface area contributed by atoms with Crippen LogP contribution < -0.4 is 0 Å². The van der Waals surface area contributed by atoms with Crippen LogP contribution in [0.1, 0.15) is 52.9 Å². The van der Waals surface area contributed by atoms with E-state index in [1.807, 2.05) is 6.92 Å². The molecule has 0 heterocycles. The number of esters is 1. The summed E-state index contributed by atoms with van der Waals surface area (Å²) < 4.78 is 16.9. The van der Waals surface area contributed by atoms with Crippen LogP contribution in [0.15, 0.2) is 12.7 Å². The molecule has 0 aromatic carbocycles. The highest BCUT2D eigenvalue weighted by Crippen LogP contribution is 2.09. The second kappa shape index (κ2) is 13.3.